The molecule has 1 aromatic rings. The van der Waals surface area contributed by atoms with Crippen LogP contribution in [0.5, 0.6) is 0 Å². The van der Waals surface area contributed by atoms with E-state index in [4.69, 9.17) is 4.52 Å². The Morgan fingerprint density at radius 1 is 1.26 bits per heavy atom. The van der Waals surface area contributed by atoms with Crippen molar-refractivity contribution in [1.82, 2.24) is 20.4 Å². The van der Waals surface area contributed by atoms with Crippen molar-refractivity contribution in [2.75, 3.05) is 19.6 Å². The fourth-order valence-corrected chi connectivity index (χ4v) is 3.12. The molecular formula is C17H30N4O2. The predicted octanol–water partition coefficient (Wildman–Crippen LogP) is 2.34. The SMILES string of the molecule is CCCc1noc(CCCC(=O)N(CCC)C2CCNCC2)n1. The monoisotopic (exact) mass is 322 g/mol. The maximum absolute atomic E-state index is 12.6. The van der Waals surface area contributed by atoms with Crippen LogP contribution in [0.15, 0.2) is 4.52 Å². The van der Waals surface area contributed by atoms with Crippen LogP contribution in [-0.2, 0) is 17.6 Å². The van der Waals surface area contributed by atoms with Gasteiger partial charge in [-0.15, -0.1) is 0 Å². The number of hydrogen-bond donors (Lipinski definition) is 1. The van der Waals surface area contributed by atoms with Crippen molar-refractivity contribution in [3.05, 3.63) is 11.7 Å². The molecule has 130 valence electrons. The molecule has 0 radical (unpaired) electrons. The second kappa shape index (κ2) is 9.65. The van der Waals surface area contributed by atoms with Crippen LogP contribution < -0.4 is 5.32 Å². The first kappa shape index (κ1) is 17.9. The maximum Gasteiger partial charge on any atom is 0.226 e. The third kappa shape index (κ3) is 5.61. The summed E-state index contributed by atoms with van der Waals surface area (Å²) in [6.07, 6.45) is 7.04. The van der Waals surface area contributed by atoms with E-state index in [0.29, 0.717) is 24.8 Å². The third-order valence-corrected chi connectivity index (χ3v) is 4.30. The summed E-state index contributed by atoms with van der Waals surface area (Å²) >= 11 is 0. The molecule has 0 aliphatic carbocycles. The molecule has 0 aromatic carbocycles. The van der Waals surface area contributed by atoms with E-state index in [0.717, 1.165) is 64.0 Å². The molecule has 2 rings (SSSR count). The molecule has 1 fully saturated rings. The van der Waals surface area contributed by atoms with E-state index in [1.807, 2.05) is 0 Å². The summed E-state index contributed by atoms with van der Waals surface area (Å²) in [6.45, 7) is 7.12. The highest BCUT2D eigenvalue weighted by Crippen LogP contribution is 2.15. The van der Waals surface area contributed by atoms with Gasteiger partial charge in [-0.25, -0.2) is 0 Å². The van der Waals surface area contributed by atoms with Gasteiger partial charge in [0.05, 0.1) is 0 Å². The molecular weight excluding hydrogens is 292 g/mol. The highest BCUT2D eigenvalue weighted by atomic mass is 16.5. The smallest absolute Gasteiger partial charge is 0.226 e. The third-order valence-electron chi connectivity index (χ3n) is 4.30. The Hall–Kier alpha value is -1.43. The van der Waals surface area contributed by atoms with Gasteiger partial charge in [-0.3, -0.25) is 4.79 Å². The summed E-state index contributed by atoms with van der Waals surface area (Å²) in [5, 5.41) is 7.32. The Labute approximate surface area is 139 Å². The van der Waals surface area contributed by atoms with Gasteiger partial charge in [0.15, 0.2) is 5.82 Å². The normalized spacial score (nSPS) is 15.7. The fourth-order valence-electron chi connectivity index (χ4n) is 3.12. The minimum absolute atomic E-state index is 0.270. The fraction of sp³-hybridized carbons (Fsp3) is 0.824. The highest BCUT2D eigenvalue weighted by Gasteiger charge is 2.24. The lowest BCUT2D eigenvalue weighted by molar-refractivity contribution is -0.134. The average Bonchev–Trinajstić information content (AvgIpc) is 3.01. The van der Waals surface area contributed by atoms with Gasteiger partial charge < -0.3 is 14.7 Å². The van der Waals surface area contributed by atoms with Crippen LogP contribution in [0.4, 0.5) is 0 Å². The van der Waals surface area contributed by atoms with E-state index in [9.17, 15) is 4.79 Å². The van der Waals surface area contributed by atoms with Crippen LogP contribution in [0.3, 0.4) is 0 Å². The molecule has 1 N–H and O–H groups in total. The van der Waals surface area contributed by atoms with Crippen LogP contribution in [0.25, 0.3) is 0 Å². The van der Waals surface area contributed by atoms with Crippen LogP contribution in [0, 0.1) is 0 Å². The zero-order chi connectivity index (χ0) is 16.5. The number of piperidine rings is 1. The first-order valence-corrected chi connectivity index (χ1v) is 9.06. The van der Waals surface area contributed by atoms with E-state index in [1.54, 1.807) is 0 Å². The molecule has 6 heteroatoms. The number of aryl methyl sites for hydroxylation is 2. The number of aromatic nitrogens is 2. The van der Waals surface area contributed by atoms with Gasteiger partial charge in [0.25, 0.3) is 0 Å². The Morgan fingerprint density at radius 3 is 2.74 bits per heavy atom. The standard InChI is InChI=1S/C17H30N4O2/c1-3-6-15-19-16(23-20-15)7-5-8-17(22)21(13-4-2)14-9-11-18-12-10-14/h14,18H,3-13H2,1-2H3. The van der Waals surface area contributed by atoms with Crippen molar-refractivity contribution >= 4 is 5.91 Å². The molecule has 1 aromatic heterocycles. The number of carbonyl (C=O) groups excluding carboxylic acids is 1. The minimum Gasteiger partial charge on any atom is -0.340 e. The summed E-state index contributed by atoms with van der Waals surface area (Å²) in [5.41, 5.74) is 0. The first-order chi connectivity index (χ1) is 11.2. The van der Waals surface area contributed by atoms with Gasteiger partial charge in [0.1, 0.15) is 0 Å². The van der Waals surface area contributed by atoms with Crippen LogP contribution in [-0.4, -0.2) is 46.6 Å². The molecule has 1 saturated heterocycles. The molecule has 0 unspecified atom stereocenters. The van der Waals surface area contributed by atoms with Crippen LogP contribution in [0.2, 0.25) is 0 Å². The quantitative estimate of drug-likeness (QED) is 0.755. The number of carbonyl (C=O) groups is 1. The van der Waals surface area contributed by atoms with Gasteiger partial charge in [-0.05, 0) is 45.2 Å². The molecule has 1 aliphatic rings. The Kier molecular flexibility index (Phi) is 7.52. The molecule has 0 spiro atoms. The van der Waals surface area contributed by atoms with E-state index in [1.165, 1.54) is 0 Å². The minimum atomic E-state index is 0.270. The number of hydrogen-bond acceptors (Lipinski definition) is 5. The van der Waals surface area contributed by atoms with Crippen molar-refractivity contribution in [2.24, 2.45) is 0 Å². The van der Waals surface area contributed by atoms with E-state index in [-0.39, 0.29) is 5.91 Å². The lowest BCUT2D eigenvalue weighted by Crippen LogP contribution is -2.46. The summed E-state index contributed by atoms with van der Waals surface area (Å²) in [6, 6.07) is 0.406. The van der Waals surface area contributed by atoms with Crippen molar-refractivity contribution in [3.8, 4) is 0 Å². The van der Waals surface area contributed by atoms with Crippen LogP contribution >= 0.6 is 0 Å². The summed E-state index contributed by atoms with van der Waals surface area (Å²) in [7, 11) is 0. The first-order valence-electron chi connectivity index (χ1n) is 9.06. The molecule has 2 heterocycles. The van der Waals surface area contributed by atoms with Gasteiger partial charge in [0, 0.05) is 31.8 Å². The van der Waals surface area contributed by atoms with Gasteiger partial charge >= 0.3 is 0 Å². The molecule has 6 nitrogen and oxygen atoms in total. The number of nitrogens with one attached hydrogen (secondary N) is 1. The molecule has 0 bridgehead atoms. The van der Waals surface area contributed by atoms with Gasteiger partial charge in [0.2, 0.25) is 11.8 Å². The van der Waals surface area contributed by atoms with Crippen molar-refractivity contribution < 1.29 is 9.32 Å². The van der Waals surface area contributed by atoms with Crippen molar-refractivity contribution in [1.29, 1.82) is 0 Å². The highest BCUT2D eigenvalue weighted by molar-refractivity contribution is 5.76. The number of rotatable bonds is 9. The summed E-state index contributed by atoms with van der Waals surface area (Å²) < 4.78 is 5.23. The topological polar surface area (TPSA) is 71.3 Å². The van der Waals surface area contributed by atoms with Crippen LogP contribution in [0.1, 0.15) is 64.1 Å². The zero-order valence-corrected chi connectivity index (χ0v) is 14.5. The van der Waals surface area contributed by atoms with Crippen molar-refractivity contribution in [2.45, 2.75) is 71.3 Å². The Bertz CT molecular complexity index is 469. The zero-order valence-electron chi connectivity index (χ0n) is 14.5. The average molecular weight is 322 g/mol. The number of amides is 1. The number of nitrogens with zero attached hydrogens (tertiary/aromatic N) is 3. The van der Waals surface area contributed by atoms with E-state index < -0.39 is 0 Å². The largest absolute Gasteiger partial charge is 0.340 e. The maximum atomic E-state index is 12.6. The summed E-state index contributed by atoms with van der Waals surface area (Å²) in [4.78, 5) is 19.0. The molecule has 1 amide bonds. The van der Waals surface area contributed by atoms with E-state index in [2.05, 4.69) is 34.2 Å². The Balaban J connectivity index is 1.78. The summed E-state index contributed by atoms with van der Waals surface area (Å²) in [5.74, 6) is 1.70. The van der Waals surface area contributed by atoms with Gasteiger partial charge in [-0.1, -0.05) is 19.0 Å². The molecule has 23 heavy (non-hydrogen) atoms. The predicted molar refractivity (Wildman–Crippen MR) is 89.1 cm³/mol. The Morgan fingerprint density at radius 2 is 2.04 bits per heavy atom. The molecule has 0 atom stereocenters. The lowest BCUT2D eigenvalue weighted by atomic mass is 10.0. The lowest BCUT2D eigenvalue weighted by Gasteiger charge is -2.34. The molecule has 0 saturated carbocycles. The van der Waals surface area contributed by atoms with Gasteiger partial charge in [-0.2, -0.15) is 4.98 Å². The second-order valence-electron chi connectivity index (χ2n) is 6.28. The second-order valence-corrected chi connectivity index (χ2v) is 6.28. The molecule has 1 aliphatic heterocycles. The van der Waals surface area contributed by atoms with Crippen molar-refractivity contribution in [3.63, 3.8) is 0 Å². The van der Waals surface area contributed by atoms with E-state index >= 15 is 0 Å².